The van der Waals surface area contributed by atoms with Crippen molar-refractivity contribution >= 4 is 29.1 Å². The number of halogens is 2. The van der Waals surface area contributed by atoms with Gasteiger partial charge in [-0.15, -0.1) is 0 Å². The zero-order chi connectivity index (χ0) is 30.2. The second kappa shape index (κ2) is 11.4. The van der Waals surface area contributed by atoms with Gasteiger partial charge in [-0.2, -0.15) is 0 Å². The quantitative estimate of drug-likeness (QED) is 0.240. The number of benzene rings is 3. The Hall–Kier alpha value is -4.89. The van der Waals surface area contributed by atoms with E-state index in [0.717, 1.165) is 22.6 Å². The largest absolute Gasteiger partial charge is 0.463 e. The molecule has 3 heterocycles. The summed E-state index contributed by atoms with van der Waals surface area (Å²) in [5.74, 6) is -1.35. The van der Waals surface area contributed by atoms with E-state index in [-0.39, 0.29) is 23.6 Å². The molecular formula is C34H27F2N3O3S. The summed E-state index contributed by atoms with van der Waals surface area (Å²) in [5, 5.41) is 0. The van der Waals surface area contributed by atoms with Crippen molar-refractivity contribution < 1.29 is 18.3 Å². The van der Waals surface area contributed by atoms with Crippen LogP contribution in [0.3, 0.4) is 0 Å². The Morgan fingerprint density at radius 1 is 0.977 bits per heavy atom. The number of ether oxygens (including phenoxy) is 1. The fourth-order valence-corrected chi connectivity index (χ4v) is 6.46. The highest BCUT2D eigenvalue weighted by molar-refractivity contribution is 7.07. The fourth-order valence-electron chi connectivity index (χ4n) is 5.46. The first-order valence-electron chi connectivity index (χ1n) is 13.8. The minimum Gasteiger partial charge on any atom is -0.463 e. The molecule has 6 rings (SSSR count). The molecule has 0 saturated heterocycles. The van der Waals surface area contributed by atoms with Gasteiger partial charge in [0.2, 0.25) is 0 Å². The molecule has 0 bridgehead atoms. The number of esters is 1. The molecule has 5 aromatic rings. The third-order valence-electron chi connectivity index (χ3n) is 7.40. The summed E-state index contributed by atoms with van der Waals surface area (Å²) < 4.78 is 36.9. The van der Waals surface area contributed by atoms with E-state index >= 15 is 0 Å². The van der Waals surface area contributed by atoms with Gasteiger partial charge in [-0.05, 0) is 80.4 Å². The van der Waals surface area contributed by atoms with Crippen LogP contribution in [0.1, 0.15) is 41.0 Å². The van der Waals surface area contributed by atoms with Gasteiger partial charge in [0.1, 0.15) is 11.6 Å². The second-order valence-electron chi connectivity index (χ2n) is 10.1. The van der Waals surface area contributed by atoms with E-state index in [4.69, 9.17) is 9.73 Å². The zero-order valence-electron chi connectivity index (χ0n) is 23.7. The van der Waals surface area contributed by atoms with Crippen LogP contribution in [-0.2, 0) is 9.53 Å². The molecule has 0 amide bonds. The highest BCUT2D eigenvalue weighted by Gasteiger charge is 2.35. The molecule has 43 heavy (non-hydrogen) atoms. The maximum Gasteiger partial charge on any atom is 0.338 e. The van der Waals surface area contributed by atoms with Crippen LogP contribution in [0.15, 0.2) is 100 Å². The molecule has 0 N–H and O–H groups in total. The van der Waals surface area contributed by atoms with Crippen LogP contribution in [-0.4, -0.2) is 21.7 Å². The summed E-state index contributed by atoms with van der Waals surface area (Å²) in [7, 11) is 0. The molecule has 1 aliphatic heterocycles. The molecular weight excluding hydrogens is 568 g/mol. The molecule has 216 valence electrons. The normalized spacial score (nSPS) is 14.9. The number of aromatic nitrogens is 2. The Balaban J connectivity index is 1.59. The Morgan fingerprint density at radius 2 is 1.63 bits per heavy atom. The van der Waals surface area contributed by atoms with Crippen molar-refractivity contribution in [2.45, 2.75) is 26.8 Å². The minimum absolute atomic E-state index is 0.134. The number of aryl methyl sites for hydroxylation is 1. The Morgan fingerprint density at radius 3 is 2.28 bits per heavy atom. The predicted molar refractivity (Wildman–Crippen MR) is 163 cm³/mol. The average Bonchev–Trinajstić information content (AvgIpc) is 3.47. The molecule has 0 spiro atoms. The Kier molecular flexibility index (Phi) is 7.50. The molecule has 0 unspecified atom stereocenters. The molecule has 1 atom stereocenters. The first kappa shape index (κ1) is 28.2. The number of nitrogens with zero attached hydrogens (tertiary/aromatic N) is 3. The molecule has 0 aliphatic carbocycles. The van der Waals surface area contributed by atoms with Crippen LogP contribution in [0.5, 0.6) is 0 Å². The maximum atomic E-state index is 14.1. The van der Waals surface area contributed by atoms with Gasteiger partial charge in [-0.1, -0.05) is 53.8 Å². The Bertz CT molecular complexity index is 2060. The third-order valence-corrected chi connectivity index (χ3v) is 8.38. The lowest BCUT2D eigenvalue weighted by molar-refractivity contribution is -0.138. The van der Waals surface area contributed by atoms with E-state index in [1.54, 1.807) is 31.2 Å². The van der Waals surface area contributed by atoms with Crippen LogP contribution in [0.25, 0.3) is 17.5 Å². The molecule has 0 saturated carbocycles. The summed E-state index contributed by atoms with van der Waals surface area (Å²) in [6.07, 6.45) is 1.81. The number of thiazole rings is 1. The first-order valence-corrected chi connectivity index (χ1v) is 14.6. The molecule has 0 radical (unpaired) electrons. The van der Waals surface area contributed by atoms with E-state index in [0.29, 0.717) is 26.2 Å². The van der Waals surface area contributed by atoms with Crippen LogP contribution in [0.4, 0.5) is 8.78 Å². The average molecular weight is 596 g/mol. The number of rotatable bonds is 6. The highest BCUT2D eigenvalue weighted by atomic mass is 32.1. The van der Waals surface area contributed by atoms with E-state index in [1.165, 1.54) is 40.2 Å². The van der Waals surface area contributed by atoms with Crippen LogP contribution < -0.4 is 14.9 Å². The van der Waals surface area contributed by atoms with Crippen molar-refractivity contribution in [2.75, 3.05) is 6.61 Å². The Labute approximate surface area is 250 Å². The second-order valence-corrected chi connectivity index (χ2v) is 11.1. The van der Waals surface area contributed by atoms with Gasteiger partial charge in [0.25, 0.3) is 5.56 Å². The number of carbonyl (C=O) groups is 1. The number of hydrogen-bond donors (Lipinski definition) is 0. The summed E-state index contributed by atoms with van der Waals surface area (Å²) in [5.41, 5.74) is 4.93. The summed E-state index contributed by atoms with van der Waals surface area (Å²) in [6, 6.07) is 22.3. The van der Waals surface area contributed by atoms with Crippen molar-refractivity contribution in [1.82, 2.24) is 9.13 Å². The summed E-state index contributed by atoms with van der Waals surface area (Å²) >= 11 is 1.21. The molecule has 3 aromatic carbocycles. The van der Waals surface area contributed by atoms with Crippen molar-refractivity contribution in [3.8, 4) is 5.69 Å². The monoisotopic (exact) mass is 595 g/mol. The molecule has 2 aromatic heterocycles. The molecule has 1 aliphatic rings. The molecule has 0 fully saturated rings. The van der Waals surface area contributed by atoms with Gasteiger partial charge in [-0.25, -0.2) is 18.6 Å². The van der Waals surface area contributed by atoms with Gasteiger partial charge in [-0.3, -0.25) is 9.36 Å². The lowest BCUT2D eigenvalue weighted by Crippen LogP contribution is -2.40. The molecule has 6 nitrogen and oxygen atoms in total. The zero-order valence-corrected chi connectivity index (χ0v) is 24.5. The standard InChI is InChI=1S/C34H27F2N3O3S/c1-4-42-33(41)29-30(22-8-6-5-7-9-22)37-34-39(31(29)23-10-12-25(35)13-11-23)32(40)28(43-34)19-24-18-20(2)38(21(24)3)27-16-14-26(36)15-17-27/h5-19,31H,4H2,1-3H3/b28-19-/t31-/m1/s1. The van der Waals surface area contributed by atoms with Crippen molar-refractivity contribution in [3.63, 3.8) is 0 Å². The third kappa shape index (κ3) is 5.17. The van der Waals surface area contributed by atoms with Crippen LogP contribution in [0.2, 0.25) is 0 Å². The number of hydrogen-bond acceptors (Lipinski definition) is 5. The predicted octanol–water partition coefficient (Wildman–Crippen LogP) is 5.62. The first-order chi connectivity index (χ1) is 20.8. The van der Waals surface area contributed by atoms with Crippen molar-refractivity contribution in [1.29, 1.82) is 0 Å². The van der Waals surface area contributed by atoms with E-state index in [2.05, 4.69) is 0 Å². The van der Waals surface area contributed by atoms with E-state index in [1.807, 2.05) is 60.9 Å². The van der Waals surface area contributed by atoms with Crippen molar-refractivity contribution in [3.05, 3.63) is 150 Å². The number of fused-ring (bicyclic) bond motifs is 1. The highest BCUT2D eigenvalue weighted by Crippen LogP contribution is 2.35. The van der Waals surface area contributed by atoms with Crippen molar-refractivity contribution in [2.24, 2.45) is 4.99 Å². The lowest BCUT2D eigenvalue weighted by atomic mass is 9.93. The SMILES string of the molecule is CCOC(=O)C1=C(c2ccccc2)N=c2s/c(=C\c3cc(C)n(-c4ccc(F)cc4)c3C)c(=O)n2[C@@H]1c1ccc(F)cc1. The molecule has 9 heteroatoms. The van der Waals surface area contributed by atoms with Gasteiger partial charge in [0, 0.05) is 22.6 Å². The van der Waals surface area contributed by atoms with Gasteiger partial charge in [0.05, 0.1) is 28.5 Å². The van der Waals surface area contributed by atoms with Gasteiger partial charge in [0.15, 0.2) is 4.80 Å². The topological polar surface area (TPSA) is 65.6 Å². The lowest BCUT2D eigenvalue weighted by Gasteiger charge is -2.25. The van der Waals surface area contributed by atoms with Gasteiger partial charge < -0.3 is 9.30 Å². The minimum atomic E-state index is -0.889. The fraction of sp³-hybridized carbons (Fsp3) is 0.147. The van der Waals surface area contributed by atoms with Gasteiger partial charge >= 0.3 is 5.97 Å². The van der Waals surface area contributed by atoms with E-state index in [9.17, 15) is 18.4 Å². The van der Waals surface area contributed by atoms with Crippen LogP contribution in [0, 0.1) is 25.5 Å². The maximum absolute atomic E-state index is 14.1. The summed E-state index contributed by atoms with van der Waals surface area (Å²) in [4.78, 5) is 32.9. The smallest absolute Gasteiger partial charge is 0.338 e. The summed E-state index contributed by atoms with van der Waals surface area (Å²) in [6.45, 7) is 5.73. The van der Waals surface area contributed by atoms with Crippen LogP contribution >= 0.6 is 11.3 Å². The number of carbonyl (C=O) groups excluding carboxylic acids is 1. The van der Waals surface area contributed by atoms with E-state index < -0.39 is 17.8 Å².